The van der Waals surface area contributed by atoms with E-state index in [9.17, 15) is 4.79 Å². The van der Waals surface area contributed by atoms with Crippen LogP contribution in [0, 0.1) is 0 Å². The van der Waals surface area contributed by atoms with Gasteiger partial charge in [-0.05, 0) is 60.8 Å². The monoisotopic (exact) mass is 290 g/mol. The lowest BCUT2D eigenvalue weighted by molar-refractivity contribution is 0.0525. The summed E-state index contributed by atoms with van der Waals surface area (Å²) in [4.78, 5) is 11.5. The summed E-state index contributed by atoms with van der Waals surface area (Å²) in [6.07, 6.45) is 3.43. The minimum atomic E-state index is -0.464. The average molecular weight is 290 g/mol. The number of rotatable bonds is 4. The van der Waals surface area contributed by atoms with Crippen LogP contribution in [-0.4, -0.2) is 22.8 Å². The molecule has 3 rings (SSSR count). The maximum absolute atomic E-state index is 11.5. The summed E-state index contributed by atoms with van der Waals surface area (Å²) >= 11 is 1.09. The van der Waals surface area contributed by atoms with Gasteiger partial charge < -0.3 is 9.47 Å². The third-order valence-corrected chi connectivity index (χ3v) is 3.91. The predicted octanol–water partition coefficient (Wildman–Crippen LogP) is 3.00. The second kappa shape index (κ2) is 5.58. The number of aryl methyl sites for hydroxylation is 2. The number of carbonyl (C=O) groups excluding carboxylic acids is 1. The zero-order valence-electron chi connectivity index (χ0n) is 11.1. The molecule has 0 atom stereocenters. The molecule has 1 aromatic heterocycles. The molecule has 2 aromatic rings. The highest BCUT2D eigenvalue weighted by Gasteiger charge is 2.16. The fourth-order valence-electron chi connectivity index (χ4n) is 2.24. The Morgan fingerprint density at radius 1 is 1.30 bits per heavy atom. The Kier molecular flexibility index (Phi) is 3.64. The third kappa shape index (κ3) is 2.65. The summed E-state index contributed by atoms with van der Waals surface area (Å²) < 4.78 is 10.5. The van der Waals surface area contributed by atoms with Gasteiger partial charge in [-0.3, -0.25) is 0 Å². The molecular weight excluding hydrogens is 276 g/mol. The molecule has 0 aliphatic heterocycles. The first-order valence-corrected chi connectivity index (χ1v) is 7.38. The van der Waals surface area contributed by atoms with Gasteiger partial charge in [0.2, 0.25) is 5.01 Å². The Morgan fingerprint density at radius 3 is 3.00 bits per heavy atom. The summed E-state index contributed by atoms with van der Waals surface area (Å²) in [7, 11) is 0. The lowest BCUT2D eigenvalue weighted by atomic mass is 10.1. The number of hydrogen-bond donors (Lipinski definition) is 0. The summed E-state index contributed by atoms with van der Waals surface area (Å²) in [5.74, 6) is 0.269. The first-order valence-electron chi connectivity index (χ1n) is 6.56. The van der Waals surface area contributed by atoms with E-state index in [0.717, 1.165) is 29.9 Å². The van der Waals surface area contributed by atoms with Gasteiger partial charge in [-0.25, -0.2) is 4.79 Å². The van der Waals surface area contributed by atoms with Crippen LogP contribution in [0.1, 0.15) is 34.3 Å². The molecule has 0 saturated carbocycles. The molecule has 0 unspecified atom stereocenters. The highest BCUT2D eigenvalue weighted by atomic mass is 32.1. The number of esters is 1. The SMILES string of the molecule is CCOC(=O)c1nnc(Oc2ccc3c(c2)CCC3)s1. The standard InChI is InChI=1S/C14H14N2O3S/c1-2-18-13(17)12-15-16-14(20-12)19-11-7-6-9-4-3-5-10(9)8-11/h6-8H,2-5H2,1H3. The zero-order chi connectivity index (χ0) is 13.9. The van der Waals surface area contributed by atoms with E-state index in [2.05, 4.69) is 16.3 Å². The largest absolute Gasteiger partial charge is 0.461 e. The van der Waals surface area contributed by atoms with Gasteiger partial charge in [-0.1, -0.05) is 11.2 Å². The molecule has 1 heterocycles. The normalized spacial score (nSPS) is 13.1. The molecule has 0 radical (unpaired) electrons. The smallest absolute Gasteiger partial charge is 0.369 e. The summed E-state index contributed by atoms with van der Waals surface area (Å²) in [5.41, 5.74) is 2.72. The van der Waals surface area contributed by atoms with Crippen LogP contribution in [0.15, 0.2) is 18.2 Å². The first-order chi connectivity index (χ1) is 9.76. The van der Waals surface area contributed by atoms with Crippen LogP contribution >= 0.6 is 11.3 Å². The van der Waals surface area contributed by atoms with Gasteiger partial charge in [-0.2, -0.15) is 0 Å². The van der Waals surface area contributed by atoms with Crippen LogP contribution in [-0.2, 0) is 17.6 Å². The Bertz CT molecular complexity index is 639. The molecule has 20 heavy (non-hydrogen) atoms. The summed E-state index contributed by atoms with van der Waals surface area (Å²) in [6, 6.07) is 6.05. The molecule has 0 N–H and O–H groups in total. The van der Waals surface area contributed by atoms with Crippen molar-refractivity contribution in [1.82, 2.24) is 10.2 Å². The maximum atomic E-state index is 11.5. The molecule has 0 fully saturated rings. The minimum absolute atomic E-state index is 0.211. The average Bonchev–Trinajstić information content (AvgIpc) is 3.07. The highest BCUT2D eigenvalue weighted by Crippen LogP contribution is 2.30. The molecule has 0 bridgehead atoms. The Hall–Kier alpha value is -1.95. The number of fused-ring (bicyclic) bond motifs is 1. The molecule has 1 aliphatic rings. The summed E-state index contributed by atoms with van der Waals surface area (Å²) in [6.45, 7) is 2.07. The Balaban J connectivity index is 1.73. The van der Waals surface area contributed by atoms with Crippen molar-refractivity contribution < 1.29 is 14.3 Å². The number of hydrogen-bond acceptors (Lipinski definition) is 6. The molecule has 0 amide bonds. The zero-order valence-corrected chi connectivity index (χ0v) is 11.9. The molecule has 0 saturated heterocycles. The summed E-state index contributed by atoms with van der Waals surface area (Å²) in [5, 5.41) is 8.19. The van der Waals surface area contributed by atoms with Crippen LogP contribution in [0.5, 0.6) is 10.9 Å². The molecule has 104 valence electrons. The molecule has 0 spiro atoms. The van der Waals surface area contributed by atoms with Crippen molar-refractivity contribution in [2.45, 2.75) is 26.2 Å². The van der Waals surface area contributed by atoms with Crippen LogP contribution in [0.4, 0.5) is 0 Å². The lowest BCUT2D eigenvalue weighted by Crippen LogP contribution is -2.03. The van der Waals surface area contributed by atoms with E-state index in [1.54, 1.807) is 6.92 Å². The molecular formula is C14H14N2O3S. The first kappa shape index (κ1) is 13.1. The quantitative estimate of drug-likeness (QED) is 0.810. The van der Waals surface area contributed by atoms with Crippen LogP contribution in [0.25, 0.3) is 0 Å². The van der Waals surface area contributed by atoms with Crippen molar-refractivity contribution in [3.05, 3.63) is 34.3 Å². The van der Waals surface area contributed by atoms with E-state index in [4.69, 9.17) is 9.47 Å². The van der Waals surface area contributed by atoms with Gasteiger partial charge in [0.15, 0.2) is 0 Å². The van der Waals surface area contributed by atoms with Crippen molar-refractivity contribution in [2.24, 2.45) is 0 Å². The second-order valence-corrected chi connectivity index (χ2v) is 5.42. The van der Waals surface area contributed by atoms with Crippen molar-refractivity contribution in [3.8, 4) is 10.9 Å². The van der Waals surface area contributed by atoms with E-state index < -0.39 is 5.97 Å². The van der Waals surface area contributed by atoms with Crippen molar-refractivity contribution in [1.29, 1.82) is 0 Å². The predicted molar refractivity (Wildman–Crippen MR) is 74.4 cm³/mol. The van der Waals surface area contributed by atoms with E-state index in [1.165, 1.54) is 17.5 Å². The van der Waals surface area contributed by atoms with Crippen LogP contribution in [0.3, 0.4) is 0 Å². The Labute approximate surface area is 120 Å². The fraction of sp³-hybridized carbons (Fsp3) is 0.357. The molecule has 6 heteroatoms. The van der Waals surface area contributed by atoms with Crippen LogP contribution in [0.2, 0.25) is 0 Å². The van der Waals surface area contributed by atoms with Gasteiger partial charge in [0.05, 0.1) is 6.61 Å². The molecule has 1 aliphatic carbocycles. The molecule has 1 aromatic carbocycles. The number of benzene rings is 1. The van der Waals surface area contributed by atoms with Gasteiger partial charge in [-0.15, -0.1) is 5.10 Å². The number of aromatic nitrogens is 2. The maximum Gasteiger partial charge on any atom is 0.369 e. The number of carbonyl (C=O) groups is 1. The van der Waals surface area contributed by atoms with Gasteiger partial charge in [0.1, 0.15) is 5.75 Å². The molecule has 5 nitrogen and oxygen atoms in total. The van der Waals surface area contributed by atoms with Gasteiger partial charge >= 0.3 is 5.97 Å². The van der Waals surface area contributed by atoms with Crippen LogP contribution < -0.4 is 4.74 Å². The van der Waals surface area contributed by atoms with Crippen molar-refractivity contribution in [3.63, 3.8) is 0 Å². The van der Waals surface area contributed by atoms with E-state index >= 15 is 0 Å². The Morgan fingerprint density at radius 2 is 2.15 bits per heavy atom. The van der Waals surface area contributed by atoms with Crippen molar-refractivity contribution >= 4 is 17.3 Å². The van der Waals surface area contributed by atoms with E-state index in [0.29, 0.717) is 11.8 Å². The highest BCUT2D eigenvalue weighted by molar-refractivity contribution is 7.14. The topological polar surface area (TPSA) is 61.3 Å². The van der Waals surface area contributed by atoms with E-state index in [1.807, 2.05) is 12.1 Å². The third-order valence-electron chi connectivity index (χ3n) is 3.13. The number of nitrogens with zero attached hydrogens (tertiary/aromatic N) is 2. The minimum Gasteiger partial charge on any atom is -0.461 e. The van der Waals surface area contributed by atoms with E-state index in [-0.39, 0.29) is 5.01 Å². The fourth-order valence-corrected chi connectivity index (χ4v) is 2.85. The van der Waals surface area contributed by atoms with Crippen molar-refractivity contribution in [2.75, 3.05) is 6.61 Å². The second-order valence-electron chi connectivity index (χ2n) is 4.48. The van der Waals surface area contributed by atoms with Gasteiger partial charge in [0.25, 0.3) is 5.19 Å². The lowest BCUT2D eigenvalue weighted by Gasteiger charge is -2.03. The number of ether oxygens (including phenoxy) is 2. The van der Waals surface area contributed by atoms with Gasteiger partial charge in [0, 0.05) is 0 Å².